The minimum absolute atomic E-state index is 0.00791. The fourth-order valence-corrected chi connectivity index (χ4v) is 4.31. The van der Waals surface area contributed by atoms with E-state index in [0.29, 0.717) is 34.6 Å². The number of nitrogens with zero attached hydrogens (tertiary/aromatic N) is 2. The number of carbonyl (C=O) groups is 3. The molecular weight excluding hydrogens is 468 g/mol. The van der Waals surface area contributed by atoms with E-state index in [0.717, 1.165) is 22.5 Å². The third-order valence-corrected chi connectivity index (χ3v) is 6.15. The van der Waals surface area contributed by atoms with E-state index in [4.69, 9.17) is 4.74 Å². The Kier molecular flexibility index (Phi) is 7.40. The molecule has 0 saturated carbocycles. The number of hydrogen-bond acceptors (Lipinski definition) is 6. The third kappa shape index (κ3) is 5.39. The summed E-state index contributed by atoms with van der Waals surface area (Å²) in [5.41, 5.74) is 6.02. The normalized spacial score (nSPS) is 13.6. The predicted molar refractivity (Wildman–Crippen MR) is 146 cm³/mol. The molecule has 0 saturated heterocycles. The summed E-state index contributed by atoms with van der Waals surface area (Å²) in [6.07, 6.45) is 0. The van der Waals surface area contributed by atoms with Gasteiger partial charge < -0.3 is 25.2 Å². The van der Waals surface area contributed by atoms with Crippen LogP contribution in [0.25, 0.3) is 11.3 Å². The Hall–Kier alpha value is -4.43. The van der Waals surface area contributed by atoms with Gasteiger partial charge in [0.1, 0.15) is 0 Å². The minimum Gasteiger partial charge on any atom is -0.465 e. The van der Waals surface area contributed by atoms with Crippen molar-refractivity contribution in [2.45, 2.75) is 6.92 Å². The van der Waals surface area contributed by atoms with Crippen LogP contribution in [0.15, 0.2) is 66.7 Å². The molecule has 37 heavy (non-hydrogen) atoms. The highest BCUT2D eigenvalue weighted by Gasteiger charge is 2.29. The van der Waals surface area contributed by atoms with Crippen LogP contribution >= 0.6 is 0 Å². The lowest BCUT2D eigenvalue weighted by Crippen LogP contribution is -2.35. The number of ether oxygens (including phenoxy) is 1. The molecule has 3 aromatic carbocycles. The molecule has 0 fully saturated rings. The molecule has 4 rings (SSSR count). The molecule has 2 amide bonds. The molecule has 0 unspecified atom stereocenters. The standard InChI is InChI=1S/C29H30N4O4/c1-18-15-21(12-14-24(18)33(4)25(34)17-32(2)3)30-27(19-9-7-6-8-10-19)26-22-13-11-20(29(36)37-5)16-23(22)31-28(26)35/h6-16,30H,17H2,1-5H3,(H,31,35). The Balaban J connectivity index is 1.75. The minimum atomic E-state index is -0.472. The number of rotatable bonds is 7. The summed E-state index contributed by atoms with van der Waals surface area (Å²) < 4.78 is 4.81. The van der Waals surface area contributed by atoms with Crippen LogP contribution in [0, 0.1) is 6.92 Å². The molecule has 1 aliphatic heterocycles. The summed E-state index contributed by atoms with van der Waals surface area (Å²) in [4.78, 5) is 41.2. The van der Waals surface area contributed by atoms with E-state index in [1.54, 1.807) is 30.1 Å². The first-order valence-corrected chi connectivity index (χ1v) is 11.8. The summed E-state index contributed by atoms with van der Waals surface area (Å²) in [7, 11) is 6.80. The van der Waals surface area contributed by atoms with Gasteiger partial charge in [-0.2, -0.15) is 0 Å². The van der Waals surface area contributed by atoms with Gasteiger partial charge in [-0.05, 0) is 62.5 Å². The van der Waals surface area contributed by atoms with Gasteiger partial charge in [0.05, 0.1) is 36.2 Å². The zero-order valence-electron chi connectivity index (χ0n) is 21.6. The van der Waals surface area contributed by atoms with Crippen LogP contribution in [0.4, 0.5) is 17.1 Å². The number of aryl methyl sites for hydroxylation is 1. The molecule has 1 heterocycles. The van der Waals surface area contributed by atoms with Gasteiger partial charge in [-0.15, -0.1) is 0 Å². The van der Waals surface area contributed by atoms with Crippen molar-refractivity contribution in [3.8, 4) is 0 Å². The van der Waals surface area contributed by atoms with Crippen molar-refractivity contribution in [3.05, 3.63) is 89.0 Å². The molecule has 0 spiro atoms. The summed E-state index contributed by atoms with van der Waals surface area (Å²) in [6.45, 7) is 2.26. The first-order chi connectivity index (χ1) is 17.7. The molecule has 2 N–H and O–H groups in total. The predicted octanol–water partition coefficient (Wildman–Crippen LogP) is 4.24. The van der Waals surface area contributed by atoms with Gasteiger partial charge in [0.2, 0.25) is 5.91 Å². The number of hydrogen-bond donors (Lipinski definition) is 2. The molecule has 0 aliphatic carbocycles. The van der Waals surface area contributed by atoms with Crippen LogP contribution in [0.1, 0.15) is 27.0 Å². The van der Waals surface area contributed by atoms with Gasteiger partial charge in [0, 0.05) is 24.0 Å². The number of amides is 2. The Labute approximate surface area is 216 Å². The largest absolute Gasteiger partial charge is 0.465 e. The molecule has 0 radical (unpaired) electrons. The smallest absolute Gasteiger partial charge is 0.337 e. The van der Waals surface area contributed by atoms with Crippen molar-refractivity contribution in [1.29, 1.82) is 0 Å². The number of fused-ring (bicyclic) bond motifs is 1. The molecule has 0 atom stereocenters. The van der Waals surface area contributed by atoms with Gasteiger partial charge in [-0.25, -0.2) is 4.79 Å². The van der Waals surface area contributed by atoms with Crippen LogP contribution < -0.4 is 15.5 Å². The van der Waals surface area contributed by atoms with E-state index in [9.17, 15) is 14.4 Å². The fraction of sp³-hybridized carbons (Fsp3) is 0.207. The first-order valence-electron chi connectivity index (χ1n) is 11.8. The zero-order valence-corrected chi connectivity index (χ0v) is 21.6. The molecule has 0 aromatic heterocycles. The highest BCUT2D eigenvalue weighted by molar-refractivity contribution is 6.37. The van der Waals surface area contributed by atoms with Crippen molar-refractivity contribution in [1.82, 2.24) is 4.90 Å². The highest BCUT2D eigenvalue weighted by atomic mass is 16.5. The summed E-state index contributed by atoms with van der Waals surface area (Å²) in [5, 5.41) is 6.31. The number of likely N-dealkylation sites (N-methyl/N-ethyl adjacent to an activating group) is 2. The van der Waals surface area contributed by atoms with Crippen LogP contribution in [0.5, 0.6) is 0 Å². The zero-order chi connectivity index (χ0) is 26.7. The van der Waals surface area contributed by atoms with Crippen molar-refractivity contribution < 1.29 is 19.1 Å². The maximum atomic E-state index is 13.2. The lowest BCUT2D eigenvalue weighted by atomic mass is 9.99. The Bertz CT molecular complexity index is 1400. The van der Waals surface area contributed by atoms with Gasteiger partial charge in [0.25, 0.3) is 5.91 Å². The molecule has 190 valence electrons. The Morgan fingerprint density at radius 1 is 0.946 bits per heavy atom. The second-order valence-corrected chi connectivity index (χ2v) is 9.14. The maximum Gasteiger partial charge on any atom is 0.337 e. The van der Waals surface area contributed by atoms with E-state index >= 15 is 0 Å². The molecule has 8 heteroatoms. The van der Waals surface area contributed by atoms with Crippen molar-refractivity contribution in [3.63, 3.8) is 0 Å². The second-order valence-electron chi connectivity index (χ2n) is 9.14. The van der Waals surface area contributed by atoms with Crippen LogP contribution in [-0.2, 0) is 14.3 Å². The third-order valence-electron chi connectivity index (χ3n) is 6.15. The van der Waals surface area contributed by atoms with E-state index in [2.05, 4.69) is 10.6 Å². The topological polar surface area (TPSA) is 91.0 Å². The van der Waals surface area contributed by atoms with E-state index in [1.165, 1.54) is 7.11 Å². The lowest BCUT2D eigenvalue weighted by Gasteiger charge is -2.22. The molecule has 1 aliphatic rings. The Morgan fingerprint density at radius 3 is 2.32 bits per heavy atom. The van der Waals surface area contributed by atoms with Gasteiger partial charge in [0.15, 0.2) is 0 Å². The highest BCUT2D eigenvalue weighted by Crippen LogP contribution is 2.38. The average Bonchev–Trinajstić information content (AvgIpc) is 3.21. The van der Waals surface area contributed by atoms with Crippen molar-refractivity contribution in [2.75, 3.05) is 50.3 Å². The van der Waals surface area contributed by atoms with E-state index in [1.807, 2.05) is 74.4 Å². The summed E-state index contributed by atoms with van der Waals surface area (Å²) in [5.74, 6) is -0.752. The number of nitrogens with one attached hydrogen (secondary N) is 2. The van der Waals surface area contributed by atoms with Crippen LogP contribution in [-0.4, -0.2) is 57.5 Å². The lowest BCUT2D eigenvalue weighted by molar-refractivity contribution is -0.119. The summed E-state index contributed by atoms with van der Waals surface area (Å²) in [6, 6.07) is 20.3. The molecular formula is C29H30N4O4. The van der Waals surface area contributed by atoms with Crippen molar-refractivity contribution >= 4 is 46.1 Å². The SMILES string of the molecule is COC(=O)c1ccc2c(c1)NC(=O)C2=C(Nc1ccc(N(C)C(=O)CN(C)C)c(C)c1)c1ccccc1. The van der Waals surface area contributed by atoms with E-state index < -0.39 is 5.97 Å². The average molecular weight is 499 g/mol. The monoisotopic (exact) mass is 498 g/mol. The van der Waals surface area contributed by atoms with Gasteiger partial charge >= 0.3 is 5.97 Å². The van der Waals surface area contributed by atoms with Crippen molar-refractivity contribution in [2.24, 2.45) is 0 Å². The number of carbonyl (C=O) groups excluding carboxylic acids is 3. The number of benzene rings is 3. The number of methoxy groups -OCH3 is 1. The first kappa shape index (κ1) is 25.7. The molecule has 0 bridgehead atoms. The molecule has 8 nitrogen and oxygen atoms in total. The quantitative estimate of drug-likeness (QED) is 0.374. The van der Waals surface area contributed by atoms with Gasteiger partial charge in [-0.3, -0.25) is 9.59 Å². The fourth-order valence-electron chi connectivity index (χ4n) is 4.31. The number of esters is 1. The maximum absolute atomic E-state index is 13.2. The van der Waals surface area contributed by atoms with E-state index in [-0.39, 0.29) is 11.8 Å². The molecule has 3 aromatic rings. The second kappa shape index (κ2) is 10.7. The van der Waals surface area contributed by atoms with Gasteiger partial charge in [-0.1, -0.05) is 36.4 Å². The van der Waals surface area contributed by atoms with Crippen LogP contribution in [0.3, 0.4) is 0 Å². The summed E-state index contributed by atoms with van der Waals surface area (Å²) >= 11 is 0. The number of anilines is 3. The Morgan fingerprint density at radius 2 is 1.68 bits per heavy atom. The van der Waals surface area contributed by atoms with Crippen LogP contribution in [0.2, 0.25) is 0 Å².